The molecule has 0 saturated carbocycles. The zero-order valence-corrected chi connectivity index (χ0v) is 75.6. The van der Waals surface area contributed by atoms with Gasteiger partial charge in [-0.05, 0) is 146 Å². The van der Waals surface area contributed by atoms with Gasteiger partial charge in [-0.3, -0.25) is 9.69 Å². The van der Waals surface area contributed by atoms with Crippen molar-refractivity contribution in [2.24, 2.45) is 0 Å². The summed E-state index contributed by atoms with van der Waals surface area (Å²) in [6.45, 7) is 42.8. The van der Waals surface area contributed by atoms with Crippen molar-refractivity contribution < 1.29 is 99.0 Å². The van der Waals surface area contributed by atoms with Crippen LogP contribution in [0.15, 0.2) is 91.0 Å². The van der Waals surface area contributed by atoms with E-state index in [0.29, 0.717) is 94.7 Å². The zero-order chi connectivity index (χ0) is 80.6. The Morgan fingerprint density at radius 1 is 0.384 bits per heavy atom. The van der Waals surface area contributed by atoms with Crippen LogP contribution in [0.5, 0.6) is 0 Å². The molecular formula is C80H179NO21P10. The molecule has 1 aliphatic rings. The zero-order valence-electron chi connectivity index (χ0n) is 66.7. The molecule has 3 N–H and O–H groups in total. The molecule has 0 aliphatic carbocycles. The number of ether oxygens (including phenoxy) is 5. The number of morpholine rings is 1. The number of ketones is 2. The highest BCUT2D eigenvalue weighted by Gasteiger charge is 2.21. The van der Waals surface area contributed by atoms with Gasteiger partial charge < -0.3 is 94.2 Å². The van der Waals surface area contributed by atoms with Gasteiger partial charge in [-0.2, -0.15) is 0 Å². The highest BCUT2D eigenvalue weighted by Crippen LogP contribution is 2.45. The third kappa shape index (κ3) is 129. The van der Waals surface area contributed by atoms with Crippen molar-refractivity contribution in [2.45, 2.75) is 120 Å². The molecule has 4 rings (SSSR count). The highest BCUT2D eigenvalue weighted by atomic mass is 31.2. The van der Waals surface area contributed by atoms with Gasteiger partial charge in [0.25, 0.3) is 0 Å². The first-order chi connectivity index (χ1) is 46.4. The van der Waals surface area contributed by atoms with Crippen molar-refractivity contribution in [3.8, 4) is 0 Å². The van der Waals surface area contributed by atoms with Crippen LogP contribution in [0.1, 0.15) is 120 Å². The third-order valence-electron chi connectivity index (χ3n) is 12.8. The number of benzene rings is 3. The molecule has 0 aromatic heterocycles. The lowest BCUT2D eigenvalue weighted by molar-refractivity contribution is -0.140. The number of hydrogen-bond acceptors (Lipinski definition) is 22. The maximum atomic E-state index is 12.6. The summed E-state index contributed by atoms with van der Waals surface area (Å²) in [4.78, 5) is 33.3. The summed E-state index contributed by atoms with van der Waals surface area (Å²) in [5, 5.41) is 26.9. The Labute approximate surface area is 691 Å². The van der Waals surface area contributed by atoms with Crippen LogP contribution in [0.25, 0.3) is 0 Å². The van der Waals surface area contributed by atoms with Gasteiger partial charge in [-0.25, -0.2) is 0 Å². The average Bonchev–Trinajstić information content (AvgIpc) is 0.811. The lowest BCUT2D eigenvalue weighted by atomic mass is 10.2. The van der Waals surface area contributed by atoms with Crippen molar-refractivity contribution in [2.75, 3.05) is 275 Å². The largest absolute Gasteiger partial charge is 0.465 e. The summed E-state index contributed by atoms with van der Waals surface area (Å²) in [5.41, 5.74) is 1.15. The van der Waals surface area contributed by atoms with E-state index < -0.39 is 71.4 Å². The fourth-order valence-electron chi connectivity index (χ4n) is 6.96. The summed E-state index contributed by atoms with van der Waals surface area (Å²) >= 11 is 0. The van der Waals surface area contributed by atoms with Crippen LogP contribution in [-0.4, -0.2) is 313 Å². The second-order valence-corrected chi connectivity index (χ2v) is 63.6. The minimum Gasteiger partial charge on any atom is -0.465 e. The van der Waals surface area contributed by atoms with E-state index in [1.807, 2.05) is 118 Å². The molecule has 1 heterocycles. The monoisotopic (exact) mass is 1800 g/mol. The SMILES string of the molecule is C.C.C.C.C.C.C.C.C.C.CC(=O)CCCP(C)(C)=O.CC(=O)CCP(C)(C)=O.CC(=O)OCCP(C)(C)=O.COCCP(C)(=O)Cc1ccccc1.COCCP(C)(C)=O.CP(=O)(CCO)CCO.CP(=O)(c1ccccc1)c1ccccc1.CP(C)(=O)CCN1CCOCC1.CP(C)(=O)CCOCCO.CP(C)(C)=O. The lowest BCUT2D eigenvalue weighted by Gasteiger charge is -2.26. The third-order valence-corrected chi connectivity index (χ3v) is 27.6. The molecular weight excluding hydrogens is 1620 g/mol. The standard InChI is InChI=1S/C13H13OP.C11H17O2P.C8H18NO2P.C7H15O2P.C6H13O3P.C6H15O3P.C6H13O2P.C5H13O3P.C5H13O2P.C3H9OP.10CH4/c1-15(14,12-8-4-2-5-9-12)13-10-6-3-7-11-13;1-13-8-9-14(2,12)10-11-6-4-3-5-7-11;1-12(2,10)8-5-9-3-6-11-7-4-9;1-7(8)5-4-6-10(2,3)9;1-6(7)9-4-5-10(2,3)8;1-10(2,8)6-5-9-4-3-7;1-6(7)4-5-9(2,3)8;1-9(8,4-2-6)5-3-7;1-7-4-5-8(2,3)6;1-5(2,3)4;;;;;;;;;;/h2-11H,1H3;3-7H,8-10H2,1-2H3;3-8H2,1-2H3;4-6H2,1-3H3;4-5H2,1-3H3;7H,3-6H2,1-2H3;4-5H2,1-3H3;6-7H,2-5H2,1H3;4-5H2,1-3H3;1-3H3;10*1H4. The van der Waals surface area contributed by atoms with Gasteiger partial charge in [-0.1, -0.05) is 165 Å². The minimum atomic E-state index is -2.40. The number of carbonyl (C=O) groups is 3. The molecule has 1 atom stereocenters. The minimum absolute atomic E-state index is 0. The Kier molecular flexibility index (Phi) is 108. The summed E-state index contributed by atoms with van der Waals surface area (Å²) < 4.78 is 137. The summed E-state index contributed by atoms with van der Waals surface area (Å²) in [6, 6.07) is 29.2. The van der Waals surface area contributed by atoms with Gasteiger partial charge in [0.2, 0.25) is 0 Å². The average molecular weight is 1800 g/mol. The molecule has 1 fully saturated rings. The Morgan fingerprint density at radius 2 is 0.705 bits per heavy atom. The highest BCUT2D eigenvalue weighted by molar-refractivity contribution is 7.78. The number of carbonyl (C=O) groups excluding carboxylic acids is 3. The van der Waals surface area contributed by atoms with Crippen molar-refractivity contribution >= 4 is 99.6 Å². The lowest BCUT2D eigenvalue weighted by Crippen LogP contribution is -2.37. The van der Waals surface area contributed by atoms with Crippen molar-refractivity contribution in [3.63, 3.8) is 0 Å². The van der Waals surface area contributed by atoms with E-state index in [1.54, 1.807) is 114 Å². The molecule has 1 saturated heterocycles. The molecule has 680 valence electrons. The molecule has 112 heavy (non-hydrogen) atoms. The van der Waals surface area contributed by atoms with E-state index >= 15 is 0 Å². The number of esters is 1. The number of aliphatic hydroxyl groups is 3. The van der Waals surface area contributed by atoms with Crippen LogP contribution >= 0.6 is 71.4 Å². The Bertz CT molecular complexity index is 3030. The van der Waals surface area contributed by atoms with Crippen molar-refractivity contribution in [1.82, 2.24) is 4.90 Å². The van der Waals surface area contributed by atoms with Gasteiger partial charge in [-0.15, -0.1) is 0 Å². The smallest absolute Gasteiger partial charge is 0.302 e. The number of nitrogens with zero attached hydrogens (tertiary/aromatic N) is 1. The number of rotatable bonds is 32. The molecule has 3 aromatic rings. The van der Waals surface area contributed by atoms with Crippen LogP contribution in [0.3, 0.4) is 0 Å². The number of methoxy groups -OCH3 is 2. The molecule has 1 unspecified atom stereocenters. The van der Waals surface area contributed by atoms with Crippen molar-refractivity contribution in [3.05, 3.63) is 96.6 Å². The summed E-state index contributed by atoms with van der Waals surface area (Å²) in [5.74, 6) is 0.000764. The van der Waals surface area contributed by atoms with Crippen LogP contribution in [-0.2, 0) is 89.9 Å². The molecule has 0 spiro atoms. The fourth-order valence-corrected chi connectivity index (χ4v) is 15.8. The van der Waals surface area contributed by atoms with Crippen molar-refractivity contribution in [1.29, 1.82) is 0 Å². The second-order valence-electron chi connectivity index (χ2n) is 28.5. The van der Waals surface area contributed by atoms with Gasteiger partial charge in [0.05, 0.1) is 117 Å². The van der Waals surface area contributed by atoms with Gasteiger partial charge in [0.15, 0.2) is 0 Å². The molecule has 0 radical (unpaired) electrons. The van der Waals surface area contributed by atoms with Gasteiger partial charge in [0.1, 0.15) is 18.7 Å². The quantitative estimate of drug-likeness (QED) is 0.0297. The Hall–Kier alpha value is -1.55. The molecule has 1 aliphatic heterocycles. The summed E-state index contributed by atoms with van der Waals surface area (Å²) in [7, 11) is -16.4. The van der Waals surface area contributed by atoms with E-state index in [2.05, 4.69) is 9.64 Å². The molecule has 0 bridgehead atoms. The van der Waals surface area contributed by atoms with Crippen LogP contribution < -0.4 is 10.6 Å². The predicted octanol–water partition coefficient (Wildman–Crippen LogP) is 20.6. The van der Waals surface area contributed by atoms with Crippen LogP contribution in [0.2, 0.25) is 0 Å². The van der Waals surface area contributed by atoms with Crippen LogP contribution in [0.4, 0.5) is 0 Å². The van der Waals surface area contributed by atoms with Gasteiger partial charge >= 0.3 is 5.97 Å². The molecule has 22 nitrogen and oxygen atoms in total. The van der Waals surface area contributed by atoms with E-state index in [9.17, 15) is 60.0 Å². The maximum absolute atomic E-state index is 12.6. The first-order valence-corrected chi connectivity index (χ1v) is 60.8. The normalized spacial score (nSPS) is 12.0. The summed E-state index contributed by atoms with van der Waals surface area (Å²) in [6.07, 6.45) is 7.69. The van der Waals surface area contributed by atoms with Gasteiger partial charge in [0, 0.05) is 139 Å². The van der Waals surface area contributed by atoms with E-state index in [-0.39, 0.29) is 118 Å². The first-order valence-electron chi connectivity index (χ1n) is 33.8. The molecule has 3 aromatic carbocycles. The van der Waals surface area contributed by atoms with E-state index in [4.69, 9.17) is 34.3 Å². The molecule has 32 heteroatoms. The predicted molar refractivity (Wildman–Crippen MR) is 511 cm³/mol. The first kappa shape index (κ1) is 148. The van der Waals surface area contributed by atoms with E-state index in [1.165, 1.54) is 13.8 Å². The van der Waals surface area contributed by atoms with E-state index in [0.717, 1.165) is 61.6 Å². The maximum Gasteiger partial charge on any atom is 0.302 e. The number of aliphatic hydroxyl groups excluding tert-OH is 3. The molecule has 0 amide bonds. The fraction of sp³-hybridized carbons (Fsp3) is 0.738. The second kappa shape index (κ2) is 81.8. The number of Topliss-reactive ketones (excluding diaryl/α,β-unsaturated/α-hetero) is 2. The Balaban J connectivity index is -0.0000000653. The topological polar surface area (TPSA) is 332 Å². The van der Waals surface area contributed by atoms with Crippen LogP contribution in [0, 0.1) is 0 Å². The number of hydrogen-bond donors (Lipinski definition) is 3. The Morgan fingerprint density at radius 3 is 0.991 bits per heavy atom.